The molecule has 1 aromatic heterocycles. The first-order valence-corrected chi connectivity index (χ1v) is 7.78. The zero-order chi connectivity index (χ0) is 17.1. The topological polar surface area (TPSA) is 12.9 Å². The van der Waals surface area contributed by atoms with Crippen molar-refractivity contribution in [1.82, 2.24) is 4.98 Å². The van der Waals surface area contributed by atoms with E-state index in [2.05, 4.69) is 32.7 Å². The van der Waals surface area contributed by atoms with E-state index < -0.39 is 11.6 Å². The van der Waals surface area contributed by atoms with Crippen molar-refractivity contribution in [1.29, 1.82) is 0 Å². The molecule has 0 N–H and O–H groups in total. The largest absolute Gasteiger partial charge is 0.256 e. The molecule has 0 aliphatic rings. The Morgan fingerprint density at radius 1 is 0.864 bits per heavy atom. The van der Waals surface area contributed by atoms with Crippen LogP contribution in [0.5, 0.6) is 0 Å². The van der Waals surface area contributed by atoms with Crippen molar-refractivity contribution in [3.8, 4) is 11.3 Å². The fourth-order valence-electron chi connectivity index (χ4n) is 1.22. The van der Waals surface area contributed by atoms with Crippen LogP contribution in [0, 0.1) is 23.5 Å². The second kappa shape index (κ2) is 10.9. The fourth-order valence-corrected chi connectivity index (χ4v) is 1.22. The second-order valence-electron chi connectivity index (χ2n) is 5.33. The van der Waals surface area contributed by atoms with Crippen LogP contribution >= 0.6 is 0 Å². The van der Waals surface area contributed by atoms with Crippen LogP contribution in [-0.2, 0) is 0 Å². The normalized spacial score (nSPS) is 9.73. The summed E-state index contributed by atoms with van der Waals surface area (Å²) in [5, 5.41) is 0. The van der Waals surface area contributed by atoms with Gasteiger partial charge in [-0.2, -0.15) is 0 Å². The fraction of sp³-hybridized carbons (Fsp3) is 0.421. The number of aromatic nitrogens is 1. The summed E-state index contributed by atoms with van der Waals surface area (Å²) in [6.45, 7) is 13.0. The molecule has 22 heavy (non-hydrogen) atoms. The molecule has 0 atom stereocenters. The summed E-state index contributed by atoms with van der Waals surface area (Å²) >= 11 is 0. The van der Waals surface area contributed by atoms with Gasteiger partial charge in [0.2, 0.25) is 0 Å². The van der Waals surface area contributed by atoms with E-state index >= 15 is 0 Å². The van der Waals surface area contributed by atoms with Gasteiger partial charge < -0.3 is 0 Å². The monoisotopic (exact) mass is 307 g/mol. The quantitative estimate of drug-likeness (QED) is 0.629. The van der Waals surface area contributed by atoms with Crippen LogP contribution in [0.2, 0.25) is 0 Å². The van der Waals surface area contributed by atoms with Gasteiger partial charge in [0.1, 0.15) is 11.6 Å². The van der Waals surface area contributed by atoms with Gasteiger partial charge in [0.05, 0.1) is 5.69 Å². The summed E-state index contributed by atoms with van der Waals surface area (Å²) < 4.78 is 25.9. The Bertz CT molecular complexity index is 516. The van der Waals surface area contributed by atoms with Gasteiger partial charge in [-0.1, -0.05) is 47.6 Å². The second-order valence-corrected chi connectivity index (χ2v) is 5.33. The molecular formula is C19H27F2N. The van der Waals surface area contributed by atoms with Crippen LogP contribution in [0.3, 0.4) is 0 Å². The minimum atomic E-state index is -0.594. The third-order valence-corrected chi connectivity index (χ3v) is 3.21. The number of pyridine rings is 1. The van der Waals surface area contributed by atoms with Crippen molar-refractivity contribution >= 4 is 0 Å². The van der Waals surface area contributed by atoms with Crippen molar-refractivity contribution in [3.05, 3.63) is 54.2 Å². The number of nitrogens with zero attached hydrogens (tertiary/aromatic N) is 1. The Balaban J connectivity index is 0.000000470. The molecule has 0 fully saturated rings. The van der Waals surface area contributed by atoms with E-state index in [0.717, 1.165) is 17.9 Å². The highest BCUT2D eigenvalue weighted by atomic mass is 19.1. The van der Waals surface area contributed by atoms with E-state index in [0.29, 0.717) is 11.3 Å². The predicted octanol–water partition coefficient (Wildman–Crippen LogP) is 6.35. The predicted molar refractivity (Wildman–Crippen MR) is 90.6 cm³/mol. The summed E-state index contributed by atoms with van der Waals surface area (Å²) in [5.41, 5.74) is 0.817. The lowest BCUT2D eigenvalue weighted by Gasteiger charge is -2.05. The minimum Gasteiger partial charge on any atom is -0.256 e. The molecule has 0 aliphatic carbocycles. The average molecular weight is 307 g/mol. The van der Waals surface area contributed by atoms with Crippen LogP contribution < -0.4 is 0 Å². The maximum Gasteiger partial charge on any atom is 0.135 e. The van der Waals surface area contributed by atoms with Crippen molar-refractivity contribution < 1.29 is 8.78 Å². The molecule has 0 radical (unpaired) electrons. The van der Waals surface area contributed by atoms with Crippen LogP contribution in [0.15, 0.2) is 42.6 Å². The number of halogens is 2. The molecule has 2 aromatic rings. The van der Waals surface area contributed by atoms with Gasteiger partial charge in [-0.05, 0) is 36.1 Å². The Hall–Kier alpha value is -1.77. The van der Waals surface area contributed by atoms with Crippen LogP contribution in [0.1, 0.15) is 41.5 Å². The van der Waals surface area contributed by atoms with Crippen molar-refractivity contribution in [3.63, 3.8) is 0 Å². The number of rotatable bonds is 2. The molecule has 0 amide bonds. The summed E-state index contributed by atoms with van der Waals surface area (Å²) in [6.07, 6.45) is 1.57. The SMILES string of the molecule is CC.CC(C)C(C)C.Fc1ccc(-c2ccccn2)c(F)c1. The van der Waals surface area contributed by atoms with Gasteiger partial charge in [0.15, 0.2) is 0 Å². The molecule has 0 aliphatic heterocycles. The lowest BCUT2D eigenvalue weighted by molar-refractivity contribution is 0.457. The van der Waals surface area contributed by atoms with Crippen LogP contribution in [0.4, 0.5) is 8.78 Å². The molecule has 0 spiro atoms. The van der Waals surface area contributed by atoms with E-state index in [9.17, 15) is 8.78 Å². The van der Waals surface area contributed by atoms with Crippen molar-refractivity contribution in [2.24, 2.45) is 11.8 Å². The van der Waals surface area contributed by atoms with E-state index in [-0.39, 0.29) is 0 Å². The minimum absolute atomic E-state index is 0.312. The zero-order valence-electron chi connectivity index (χ0n) is 14.4. The zero-order valence-corrected chi connectivity index (χ0v) is 14.4. The maximum atomic E-state index is 13.3. The Morgan fingerprint density at radius 3 is 1.86 bits per heavy atom. The van der Waals surface area contributed by atoms with E-state index in [4.69, 9.17) is 0 Å². The molecule has 0 saturated carbocycles. The van der Waals surface area contributed by atoms with Gasteiger partial charge in [-0.3, -0.25) is 4.98 Å². The average Bonchev–Trinajstić information content (AvgIpc) is 2.50. The standard InChI is InChI=1S/C11H7F2N.C6H14.C2H6/c12-8-4-5-9(10(13)7-8)11-3-1-2-6-14-11;1-5(2)6(3)4;1-2/h1-7H;5-6H,1-4H3;1-2H3. The first-order chi connectivity index (χ1) is 10.4. The van der Waals surface area contributed by atoms with Gasteiger partial charge in [0.25, 0.3) is 0 Å². The lowest BCUT2D eigenvalue weighted by atomic mass is 10.0. The summed E-state index contributed by atoms with van der Waals surface area (Å²) in [5.74, 6) is 0.529. The Morgan fingerprint density at radius 2 is 1.45 bits per heavy atom. The highest BCUT2D eigenvalue weighted by Crippen LogP contribution is 2.20. The van der Waals surface area contributed by atoms with Gasteiger partial charge in [-0.15, -0.1) is 0 Å². The number of benzene rings is 1. The highest BCUT2D eigenvalue weighted by molar-refractivity contribution is 5.59. The van der Waals surface area contributed by atoms with E-state index in [1.165, 1.54) is 12.1 Å². The van der Waals surface area contributed by atoms with Crippen LogP contribution in [-0.4, -0.2) is 4.98 Å². The molecule has 3 heteroatoms. The molecule has 1 heterocycles. The maximum absolute atomic E-state index is 13.3. The Kier molecular flexibility index (Phi) is 10.0. The lowest BCUT2D eigenvalue weighted by Crippen LogP contribution is -1.95. The molecule has 0 unspecified atom stereocenters. The first-order valence-electron chi connectivity index (χ1n) is 7.78. The smallest absolute Gasteiger partial charge is 0.135 e. The van der Waals surface area contributed by atoms with E-state index in [1.807, 2.05) is 13.8 Å². The molecular weight excluding hydrogens is 280 g/mol. The molecule has 2 rings (SSSR count). The van der Waals surface area contributed by atoms with Gasteiger partial charge in [-0.25, -0.2) is 8.78 Å². The molecule has 0 saturated heterocycles. The number of hydrogen-bond donors (Lipinski definition) is 0. The summed E-state index contributed by atoms with van der Waals surface area (Å²) in [4.78, 5) is 3.98. The van der Waals surface area contributed by atoms with Crippen LogP contribution in [0.25, 0.3) is 11.3 Å². The summed E-state index contributed by atoms with van der Waals surface area (Å²) in [7, 11) is 0. The van der Waals surface area contributed by atoms with Gasteiger partial charge >= 0.3 is 0 Å². The summed E-state index contributed by atoms with van der Waals surface area (Å²) in [6, 6.07) is 8.62. The van der Waals surface area contributed by atoms with Gasteiger partial charge in [0, 0.05) is 17.8 Å². The Labute approximate surface area is 133 Å². The molecule has 0 bridgehead atoms. The first kappa shape index (κ1) is 20.2. The molecule has 1 nitrogen and oxygen atoms in total. The molecule has 122 valence electrons. The van der Waals surface area contributed by atoms with E-state index in [1.54, 1.807) is 24.4 Å². The third-order valence-electron chi connectivity index (χ3n) is 3.21. The van der Waals surface area contributed by atoms with Crippen molar-refractivity contribution in [2.75, 3.05) is 0 Å². The number of hydrogen-bond acceptors (Lipinski definition) is 1. The third kappa shape index (κ3) is 7.30. The highest BCUT2D eigenvalue weighted by Gasteiger charge is 2.06. The molecule has 1 aromatic carbocycles. The van der Waals surface area contributed by atoms with Crippen molar-refractivity contribution in [2.45, 2.75) is 41.5 Å².